The summed E-state index contributed by atoms with van der Waals surface area (Å²) in [5, 5.41) is 3.38. The van der Waals surface area contributed by atoms with Crippen LogP contribution in [0, 0.1) is 0 Å². The number of aromatic nitrogens is 2. The fraction of sp³-hybridized carbons (Fsp3) is 0.750. The third kappa shape index (κ3) is 3.94. The van der Waals surface area contributed by atoms with Crippen LogP contribution in [0.1, 0.15) is 32.9 Å². The Labute approximate surface area is 98.0 Å². The van der Waals surface area contributed by atoms with Crippen LogP contribution in [0.3, 0.4) is 0 Å². The highest BCUT2D eigenvalue weighted by Crippen LogP contribution is 2.12. The summed E-state index contributed by atoms with van der Waals surface area (Å²) in [5.74, 6) is 0. The fourth-order valence-corrected chi connectivity index (χ4v) is 1.51. The number of nitrogens with one attached hydrogen (secondary N) is 1. The summed E-state index contributed by atoms with van der Waals surface area (Å²) in [7, 11) is 1.74. The molecule has 4 nitrogen and oxygen atoms in total. The highest BCUT2D eigenvalue weighted by molar-refractivity contribution is 4.99. The van der Waals surface area contributed by atoms with Crippen LogP contribution >= 0.6 is 0 Å². The van der Waals surface area contributed by atoms with E-state index in [1.54, 1.807) is 7.11 Å². The first kappa shape index (κ1) is 13.2. The van der Waals surface area contributed by atoms with Crippen molar-refractivity contribution in [2.24, 2.45) is 0 Å². The van der Waals surface area contributed by atoms with Crippen LogP contribution in [0.5, 0.6) is 0 Å². The Balaban J connectivity index is 2.56. The summed E-state index contributed by atoms with van der Waals surface area (Å²) in [5.41, 5.74) is 1.05. The van der Waals surface area contributed by atoms with E-state index in [2.05, 4.69) is 35.6 Å². The van der Waals surface area contributed by atoms with Gasteiger partial charge in [0.2, 0.25) is 0 Å². The van der Waals surface area contributed by atoms with E-state index in [0.717, 1.165) is 26.1 Å². The molecule has 92 valence electrons. The molecule has 1 N–H and O–H groups in total. The number of nitrogens with zero attached hydrogens (tertiary/aromatic N) is 2. The second kappa shape index (κ2) is 6.01. The van der Waals surface area contributed by atoms with Crippen molar-refractivity contribution in [1.29, 1.82) is 0 Å². The minimum Gasteiger partial charge on any atom is -0.377 e. The lowest BCUT2D eigenvalue weighted by Gasteiger charge is -2.24. The molecule has 0 saturated carbocycles. The van der Waals surface area contributed by atoms with Crippen molar-refractivity contribution < 1.29 is 4.74 Å². The molecule has 0 aliphatic carbocycles. The van der Waals surface area contributed by atoms with Crippen LogP contribution in [-0.4, -0.2) is 28.8 Å². The molecule has 0 unspecified atom stereocenters. The molecule has 0 fully saturated rings. The van der Waals surface area contributed by atoms with E-state index in [0.29, 0.717) is 0 Å². The molecular formula is C12H23N3O. The van der Waals surface area contributed by atoms with Crippen LogP contribution in [0.4, 0.5) is 0 Å². The van der Waals surface area contributed by atoms with E-state index in [1.165, 1.54) is 5.69 Å². The molecule has 0 atom stereocenters. The van der Waals surface area contributed by atoms with Crippen molar-refractivity contribution in [3.05, 3.63) is 18.2 Å². The summed E-state index contributed by atoms with van der Waals surface area (Å²) in [6.07, 6.45) is 4.93. The zero-order valence-corrected chi connectivity index (χ0v) is 10.8. The minimum absolute atomic E-state index is 0.153. The maximum Gasteiger partial charge on any atom is 0.0949 e. The average Bonchev–Trinajstić information content (AvgIpc) is 2.66. The molecule has 0 saturated heterocycles. The third-order valence-electron chi connectivity index (χ3n) is 2.64. The Bertz CT molecular complexity index is 307. The van der Waals surface area contributed by atoms with Gasteiger partial charge in [-0.1, -0.05) is 6.92 Å². The van der Waals surface area contributed by atoms with Gasteiger partial charge < -0.3 is 14.6 Å². The largest absolute Gasteiger partial charge is 0.377 e. The standard InChI is InChI=1S/C12H23N3O/c1-5-6-13-7-11-8-14-10-15(11)9-12(2,3)16-4/h8,10,13H,5-7,9H2,1-4H3. The molecule has 1 aromatic rings. The Hall–Kier alpha value is -0.870. The van der Waals surface area contributed by atoms with E-state index in [1.807, 2.05) is 12.5 Å². The minimum atomic E-state index is -0.153. The lowest BCUT2D eigenvalue weighted by molar-refractivity contribution is 0.00752. The number of hydrogen-bond donors (Lipinski definition) is 1. The quantitative estimate of drug-likeness (QED) is 0.719. The predicted molar refractivity (Wildman–Crippen MR) is 65.3 cm³/mol. The summed E-state index contributed by atoms with van der Waals surface area (Å²) in [6.45, 7) is 9.06. The first-order valence-electron chi connectivity index (χ1n) is 5.84. The molecule has 1 heterocycles. The van der Waals surface area contributed by atoms with Gasteiger partial charge in [0.05, 0.1) is 24.2 Å². The van der Waals surface area contributed by atoms with Crippen molar-refractivity contribution in [2.45, 2.75) is 45.9 Å². The Morgan fingerprint density at radius 2 is 2.25 bits per heavy atom. The number of methoxy groups -OCH3 is 1. The summed E-state index contributed by atoms with van der Waals surface area (Å²) in [6, 6.07) is 0. The zero-order valence-electron chi connectivity index (χ0n) is 10.8. The molecule has 0 aliphatic rings. The van der Waals surface area contributed by atoms with Gasteiger partial charge in [-0.2, -0.15) is 0 Å². The second-order valence-electron chi connectivity index (χ2n) is 4.65. The molecule has 0 radical (unpaired) electrons. The maximum atomic E-state index is 5.42. The third-order valence-corrected chi connectivity index (χ3v) is 2.64. The van der Waals surface area contributed by atoms with Gasteiger partial charge in [0.1, 0.15) is 0 Å². The van der Waals surface area contributed by atoms with Crippen molar-refractivity contribution in [3.8, 4) is 0 Å². The molecule has 0 spiro atoms. The Kier molecular flexibility index (Phi) is 4.96. The van der Waals surface area contributed by atoms with Crippen LogP contribution in [0.15, 0.2) is 12.5 Å². The van der Waals surface area contributed by atoms with Crippen molar-refractivity contribution in [3.63, 3.8) is 0 Å². The monoisotopic (exact) mass is 225 g/mol. The number of rotatable bonds is 7. The Morgan fingerprint density at radius 3 is 2.88 bits per heavy atom. The van der Waals surface area contributed by atoms with E-state index in [4.69, 9.17) is 4.74 Å². The molecule has 1 aromatic heterocycles. The van der Waals surface area contributed by atoms with Gasteiger partial charge in [-0.05, 0) is 26.8 Å². The molecule has 16 heavy (non-hydrogen) atoms. The van der Waals surface area contributed by atoms with Crippen molar-refractivity contribution in [1.82, 2.24) is 14.9 Å². The van der Waals surface area contributed by atoms with Gasteiger partial charge in [0.25, 0.3) is 0 Å². The molecule has 1 rings (SSSR count). The fourth-order valence-electron chi connectivity index (χ4n) is 1.51. The van der Waals surface area contributed by atoms with Crippen LogP contribution in [0.25, 0.3) is 0 Å². The average molecular weight is 225 g/mol. The van der Waals surface area contributed by atoms with Gasteiger partial charge in [-0.15, -0.1) is 0 Å². The first-order valence-corrected chi connectivity index (χ1v) is 5.84. The van der Waals surface area contributed by atoms with Gasteiger partial charge >= 0.3 is 0 Å². The van der Waals surface area contributed by atoms with E-state index in [9.17, 15) is 0 Å². The van der Waals surface area contributed by atoms with Crippen LogP contribution < -0.4 is 5.32 Å². The predicted octanol–water partition coefficient (Wildman–Crippen LogP) is 1.81. The summed E-state index contributed by atoms with van der Waals surface area (Å²) < 4.78 is 7.57. The summed E-state index contributed by atoms with van der Waals surface area (Å²) >= 11 is 0. The van der Waals surface area contributed by atoms with Gasteiger partial charge in [0.15, 0.2) is 0 Å². The van der Waals surface area contributed by atoms with Crippen molar-refractivity contribution in [2.75, 3.05) is 13.7 Å². The Morgan fingerprint density at radius 1 is 1.50 bits per heavy atom. The second-order valence-corrected chi connectivity index (χ2v) is 4.65. The molecular weight excluding hydrogens is 202 g/mol. The molecule has 0 bridgehead atoms. The normalized spacial score (nSPS) is 12.0. The van der Waals surface area contributed by atoms with Gasteiger partial charge in [-0.3, -0.25) is 0 Å². The first-order chi connectivity index (χ1) is 7.59. The highest BCUT2D eigenvalue weighted by atomic mass is 16.5. The lowest BCUT2D eigenvalue weighted by atomic mass is 10.1. The number of imidazole rings is 1. The van der Waals surface area contributed by atoms with Crippen molar-refractivity contribution >= 4 is 0 Å². The lowest BCUT2D eigenvalue weighted by Crippen LogP contribution is -2.30. The summed E-state index contributed by atoms with van der Waals surface area (Å²) in [4.78, 5) is 4.19. The highest BCUT2D eigenvalue weighted by Gasteiger charge is 2.18. The number of ether oxygens (including phenoxy) is 1. The molecule has 4 heteroatoms. The molecule has 0 aliphatic heterocycles. The molecule has 0 aromatic carbocycles. The SMILES string of the molecule is CCCNCc1cncn1CC(C)(C)OC. The number of hydrogen-bond acceptors (Lipinski definition) is 3. The van der Waals surface area contributed by atoms with Crippen LogP contribution in [0.2, 0.25) is 0 Å². The zero-order chi connectivity index (χ0) is 12.0. The topological polar surface area (TPSA) is 39.1 Å². The van der Waals surface area contributed by atoms with Gasteiger partial charge in [-0.25, -0.2) is 4.98 Å². The van der Waals surface area contributed by atoms with E-state index in [-0.39, 0.29) is 5.60 Å². The van der Waals surface area contributed by atoms with Crippen LogP contribution in [-0.2, 0) is 17.8 Å². The smallest absolute Gasteiger partial charge is 0.0949 e. The van der Waals surface area contributed by atoms with E-state index >= 15 is 0 Å². The maximum absolute atomic E-state index is 5.42. The van der Waals surface area contributed by atoms with Gasteiger partial charge in [0, 0.05) is 19.9 Å². The molecule has 0 amide bonds. The van der Waals surface area contributed by atoms with E-state index < -0.39 is 0 Å².